The highest BCUT2D eigenvalue weighted by atomic mass is 35.5. The van der Waals surface area contributed by atoms with E-state index >= 15 is 0 Å². The molecule has 1 aliphatic rings. The van der Waals surface area contributed by atoms with Crippen LogP contribution in [0.1, 0.15) is 13.8 Å². The number of hydrazine groups is 1. The van der Waals surface area contributed by atoms with Gasteiger partial charge in [-0.15, -0.1) is 0 Å². The largest absolute Gasteiger partial charge is 0.321 e. The fourth-order valence-electron chi connectivity index (χ4n) is 0.926. The van der Waals surface area contributed by atoms with Crippen LogP contribution < -0.4 is 10.9 Å². The average molecular weight is 185 g/mol. The molecule has 0 bridgehead atoms. The molecule has 0 spiro atoms. The highest BCUT2D eigenvalue weighted by Gasteiger charge is 1.98. The SMILES string of the molecule is CC(C)=C/C(Cl)=C\C1=CCNN1. The van der Waals surface area contributed by atoms with Gasteiger partial charge in [-0.3, -0.25) is 0 Å². The van der Waals surface area contributed by atoms with E-state index in [1.807, 2.05) is 32.1 Å². The molecule has 0 saturated carbocycles. The van der Waals surface area contributed by atoms with Gasteiger partial charge in [-0.25, -0.2) is 5.43 Å². The first-order chi connectivity index (χ1) is 5.68. The minimum absolute atomic E-state index is 0.748. The van der Waals surface area contributed by atoms with Crippen molar-refractivity contribution in [3.05, 3.63) is 34.5 Å². The lowest BCUT2D eigenvalue weighted by atomic mass is 10.3. The van der Waals surface area contributed by atoms with Gasteiger partial charge in [-0.05, 0) is 32.1 Å². The first-order valence-electron chi connectivity index (χ1n) is 3.89. The molecule has 3 heteroatoms. The van der Waals surface area contributed by atoms with Crippen molar-refractivity contribution >= 4 is 11.6 Å². The van der Waals surface area contributed by atoms with Crippen molar-refractivity contribution in [2.24, 2.45) is 0 Å². The number of rotatable bonds is 2. The summed E-state index contributed by atoms with van der Waals surface area (Å²) in [5.74, 6) is 0. The molecule has 0 aliphatic carbocycles. The molecule has 0 radical (unpaired) electrons. The number of halogens is 1. The van der Waals surface area contributed by atoms with E-state index in [9.17, 15) is 0 Å². The van der Waals surface area contributed by atoms with Gasteiger partial charge in [0.15, 0.2) is 0 Å². The zero-order chi connectivity index (χ0) is 8.97. The van der Waals surface area contributed by atoms with Crippen molar-refractivity contribution in [2.75, 3.05) is 6.54 Å². The number of hydrogen-bond donors (Lipinski definition) is 2. The second kappa shape index (κ2) is 4.33. The van der Waals surface area contributed by atoms with Crippen LogP contribution in [0, 0.1) is 0 Å². The summed E-state index contributed by atoms with van der Waals surface area (Å²) < 4.78 is 0. The molecule has 0 saturated heterocycles. The Balaban J connectivity index is 2.61. The van der Waals surface area contributed by atoms with Crippen LogP contribution in [-0.2, 0) is 0 Å². The summed E-state index contributed by atoms with van der Waals surface area (Å²) in [5, 5.41) is 0.748. The molecule has 0 aromatic heterocycles. The van der Waals surface area contributed by atoms with Crippen LogP contribution in [0.3, 0.4) is 0 Å². The van der Waals surface area contributed by atoms with Crippen molar-refractivity contribution in [3.63, 3.8) is 0 Å². The van der Waals surface area contributed by atoms with Gasteiger partial charge in [-0.1, -0.05) is 17.2 Å². The molecule has 0 fully saturated rings. The van der Waals surface area contributed by atoms with Crippen molar-refractivity contribution in [1.29, 1.82) is 0 Å². The normalized spacial score (nSPS) is 16.9. The first-order valence-corrected chi connectivity index (χ1v) is 4.27. The Labute approximate surface area is 78.0 Å². The molecular weight excluding hydrogens is 172 g/mol. The molecule has 12 heavy (non-hydrogen) atoms. The second-order valence-electron chi connectivity index (χ2n) is 2.92. The monoisotopic (exact) mass is 184 g/mol. The van der Waals surface area contributed by atoms with E-state index < -0.39 is 0 Å². The topological polar surface area (TPSA) is 24.1 Å². The second-order valence-corrected chi connectivity index (χ2v) is 3.35. The van der Waals surface area contributed by atoms with E-state index in [2.05, 4.69) is 10.9 Å². The molecule has 1 heterocycles. The maximum absolute atomic E-state index is 5.93. The van der Waals surface area contributed by atoms with Crippen molar-refractivity contribution in [3.8, 4) is 0 Å². The molecule has 66 valence electrons. The molecule has 0 atom stereocenters. The van der Waals surface area contributed by atoms with Crippen LogP contribution >= 0.6 is 11.6 Å². The standard InChI is InChI=1S/C9H13ClN2/c1-7(2)5-8(10)6-9-3-4-11-12-9/h3,5-6,11-12H,4H2,1-2H3/b8-6+. The van der Waals surface area contributed by atoms with Gasteiger partial charge in [0.1, 0.15) is 0 Å². The van der Waals surface area contributed by atoms with E-state index in [1.165, 1.54) is 5.57 Å². The van der Waals surface area contributed by atoms with E-state index in [-0.39, 0.29) is 0 Å². The predicted octanol–water partition coefficient (Wildman–Crippen LogP) is 2.07. The Morgan fingerprint density at radius 2 is 2.33 bits per heavy atom. The molecular formula is C9H13ClN2. The molecule has 0 aromatic carbocycles. The Morgan fingerprint density at radius 3 is 2.83 bits per heavy atom. The summed E-state index contributed by atoms with van der Waals surface area (Å²) in [6.07, 6.45) is 5.87. The Bertz CT molecular complexity index is 247. The van der Waals surface area contributed by atoms with Crippen LogP contribution in [-0.4, -0.2) is 6.54 Å². The van der Waals surface area contributed by atoms with E-state index in [1.54, 1.807) is 0 Å². The highest BCUT2D eigenvalue weighted by molar-refractivity contribution is 6.31. The third-order valence-electron chi connectivity index (χ3n) is 1.38. The van der Waals surface area contributed by atoms with Gasteiger partial charge in [0.2, 0.25) is 0 Å². The Morgan fingerprint density at radius 1 is 1.58 bits per heavy atom. The van der Waals surface area contributed by atoms with Gasteiger partial charge < -0.3 is 5.43 Å². The first kappa shape index (κ1) is 9.36. The highest BCUT2D eigenvalue weighted by Crippen LogP contribution is 2.10. The summed E-state index contributed by atoms with van der Waals surface area (Å²) in [7, 11) is 0. The van der Waals surface area contributed by atoms with Crippen molar-refractivity contribution < 1.29 is 0 Å². The number of nitrogens with one attached hydrogen (secondary N) is 2. The molecule has 1 rings (SSSR count). The lowest BCUT2D eigenvalue weighted by molar-refractivity contribution is 0.710. The minimum atomic E-state index is 0.748. The van der Waals surface area contributed by atoms with E-state index in [0.29, 0.717) is 0 Å². The lowest BCUT2D eigenvalue weighted by Gasteiger charge is -1.97. The lowest BCUT2D eigenvalue weighted by Crippen LogP contribution is -2.22. The Kier molecular flexibility index (Phi) is 3.38. The van der Waals surface area contributed by atoms with Crippen LogP contribution in [0.15, 0.2) is 34.5 Å². The molecule has 0 aromatic rings. The van der Waals surface area contributed by atoms with Gasteiger partial charge in [0.05, 0.1) is 0 Å². The zero-order valence-corrected chi connectivity index (χ0v) is 8.07. The number of hydrogen-bond acceptors (Lipinski definition) is 2. The summed E-state index contributed by atoms with van der Waals surface area (Å²) in [6.45, 7) is 4.89. The van der Waals surface area contributed by atoms with Gasteiger partial charge in [0.25, 0.3) is 0 Å². The molecule has 2 N–H and O–H groups in total. The third-order valence-corrected chi connectivity index (χ3v) is 1.59. The maximum Gasteiger partial charge on any atom is 0.0476 e. The number of allylic oxidation sites excluding steroid dienone is 4. The summed E-state index contributed by atoms with van der Waals surface area (Å²) >= 11 is 5.93. The summed E-state index contributed by atoms with van der Waals surface area (Å²) in [5.41, 5.74) is 8.17. The molecule has 2 nitrogen and oxygen atoms in total. The Hall–Kier alpha value is -0.730. The molecule has 0 unspecified atom stereocenters. The molecule has 0 amide bonds. The van der Waals surface area contributed by atoms with E-state index in [4.69, 9.17) is 11.6 Å². The fraction of sp³-hybridized carbons (Fsp3) is 0.333. The summed E-state index contributed by atoms with van der Waals surface area (Å²) in [4.78, 5) is 0. The fourth-order valence-corrected chi connectivity index (χ4v) is 1.26. The van der Waals surface area contributed by atoms with Crippen LogP contribution in [0.5, 0.6) is 0 Å². The average Bonchev–Trinajstić information content (AvgIpc) is 2.37. The smallest absolute Gasteiger partial charge is 0.0476 e. The van der Waals surface area contributed by atoms with Gasteiger partial charge >= 0.3 is 0 Å². The summed E-state index contributed by atoms with van der Waals surface area (Å²) in [6, 6.07) is 0. The maximum atomic E-state index is 5.93. The zero-order valence-electron chi connectivity index (χ0n) is 7.32. The van der Waals surface area contributed by atoms with Crippen molar-refractivity contribution in [1.82, 2.24) is 10.9 Å². The van der Waals surface area contributed by atoms with Gasteiger partial charge in [-0.2, -0.15) is 0 Å². The van der Waals surface area contributed by atoms with Crippen LogP contribution in [0.2, 0.25) is 0 Å². The van der Waals surface area contributed by atoms with Crippen LogP contribution in [0.25, 0.3) is 0 Å². The predicted molar refractivity (Wildman–Crippen MR) is 52.6 cm³/mol. The minimum Gasteiger partial charge on any atom is -0.321 e. The van der Waals surface area contributed by atoms with Crippen molar-refractivity contribution in [2.45, 2.75) is 13.8 Å². The third kappa shape index (κ3) is 3.11. The van der Waals surface area contributed by atoms with E-state index in [0.717, 1.165) is 17.3 Å². The molecule has 1 aliphatic heterocycles. The quantitative estimate of drug-likeness (QED) is 0.643. The van der Waals surface area contributed by atoms with Crippen LogP contribution in [0.4, 0.5) is 0 Å². The van der Waals surface area contributed by atoms with Gasteiger partial charge in [0, 0.05) is 17.3 Å².